The third-order valence-electron chi connectivity index (χ3n) is 2.64. The molecule has 129 valence electrons. The van der Waals surface area contributed by atoms with E-state index in [9.17, 15) is 9.90 Å². The van der Waals surface area contributed by atoms with Crippen molar-refractivity contribution in [2.75, 3.05) is 7.05 Å². The minimum absolute atomic E-state index is 0. The first-order chi connectivity index (χ1) is 10.5. The van der Waals surface area contributed by atoms with Crippen LogP contribution in [0.1, 0.15) is 47.5 Å². The van der Waals surface area contributed by atoms with Gasteiger partial charge >= 0.3 is 0 Å². The van der Waals surface area contributed by atoms with Crippen LogP contribution in [0.15, 0.2) is 34.0 Å². The molecule has 0 spiro atoms. The van der Waals surface area contributed by atoms with E-state index in [1.165, 1.54) is 0 Å². The first kappa shape index (κ1) is 26.9. The van der Waals surface area contributed by atoms with Gasteiger partial charge in [-0.3, -0.25) is 11.8 Å². The molecule has 2 N–H and O–H groups in total. The summed E-state index contributed by atoms with van der Waals surface area (Å²) >= 11 is 0. The summed E-state index contributed by atoms with van der Waals surface area (Å²) in [5, 5.41) is 11.6. The zero-order valence-electron chi connectivity index (χ0n) is 15.2. The van der Waals surface area contributed by atoms with Crippen LogP contribution in [0.2, 0.25) is 0 Å². The molecular weight excluding hydrogens is 367 g/mol. The first-order valence-electron chi connectivity index (χ1n) is 7.54. The van der Waals surface area contributed by atoms with Crippen LogP contribution < -0.4 is 5.32 Å². The molecule has 0 aromatic heterocycles. The quantitative estimate of drug-likeness (QED) is 0.328. The second-order valence-corrected chi connectivity index (χ2v) is 3.89. The molecule has 0 saturated heterocycles. The number of nitrogens with one attached hydrogen (secondary N) is 1. The summed E-state index contributed by atoms with van der Waals surface area (Å²) in [6.45, 7) is 13.2. The van der Waals surface area contributed by atoms with E-state index in [2.05, 4.69) is 28.9 Å². The van der Waals surface area contributed by atoms with E-state index in [-0.39, 0.29) is 44.4 Å². The van der Waals surface area contributed by atoms with Crippen molar-refractivity contribution in [3.05, 3.63) is 37.1 Å². The Hall–Kier alpha value is -0.936. The summed E-state index contributed by atoms with van der Waals surface area (Å²) in [6, 6.07) is 0.454. The molecule has 6 heteroatoms. The Morgan fingerprint density at radius 1 is 1.43 bits per heavy atom. The fourth-order valence-corrected chi connectivity index (χ4v) is 1.53. The number of amides is 1. The van der Waals surface area contributed by atoms with Gasteiger partial charge in [-0.1, -0.05) is 58.9 Å². The zero-order valence-corrected chi connectivity index (χ0v) is 18.1. The van der Waals surface area contributed by atoms with Crippen molar-refractivity contribution in [1.82, 2.24) is 5.32 Å². The fourth-order valence-electron chi connectivity index (χ4n) is 1.53. The second-order valence-electron chi connectivity index (χ2n) is 3.89. The number of nitrogens with zero attached hydrogens (tertiary/aromatic N) is 2. The second kappa shape index (κ2) is 15.9. The SMILES string of the molecule is C=C(O)/C(C)=C\C(=NC)C1=N[C-](C(=O)N[CH2-])CC1.CC.CC.[Y]. The van der Waals surface area contributed by atoms with Crippen LogP contribution in [0, 0.1) is 13.1 Å². The van der Waals surface area contributed by atoms with E-state index >= 15 is 0 Å². The number of carbonyl (C=O) groups excluding carboxylic acids is 1. The van der Waals surface area contributed by atoms with Crippen LogP contribution in [0.4, 0.5) is 0 Å². The summed E-state index contributed by atoms with van der Waals surface area (Å²) in [7, 11) is 4.96. The molecule has 0 unspecified atom stereocenters. The van der Waals surface area contributed by atoms with Gasteiger partial charge < -0.3 is 20.4 Å². The van der Waals surface area contributed by atoms with Crippen molar-refractivity contribution >= 4 is 17.3 Å². The predicted molar refractivity (Wildman–Crippen MR) is 95.0 cm³/mol. The van der Waals surface area contributed by atoms with Crippen molar-refractivity contribution in [3.8, 4) is 0 Å². The van der Waals surface area contributed by atoms with E-state index < -0.39 is 0 Å². The maximum Gasteiger partial charge on any atom is 0.153 e. The van der Waals surface area contributed by atoms with E-state index in [1.807, 2.05) is 27.7 Å². The van der Waals surface area contributed by atoms with E-state index in [0.29, 0.717) is 30.2 Å². The summed E-state index contributed by atoms with van der Waals surface area (Å²) in [5.41, 5.74) is 2.00. The van der Waals surface area contributed by atoms with Gasteiger partial charge in [0.1, 0.15) is 5.76 Å². The number of carbonyl (C=O) groups is 1. The van der Waals surface area contributed by atoms with Gasteiger partial charge in [-0.05, 0) is 24.3 Å². The molecule has 1 aliphatic rings. The van der Waals surface area contributed by atoms with Crippen molar-refractivity contribution in [2.45, 2.75) is 47.5 Å². The van der Waals surface area contributed by atoms with E-state index in [1.54, 1.807) is 20.0 Å². The number of aliphatic hydroxyl groups is 1. The molecule has 0 fully saturated rings. The van der Waals surface area contributed by atoms with E-state index in [0.717, 1.165) is 5.71 Å². The van der Waals surface area contributed by atoms with Crippen LogP contribution in [0.5, 0.6) is 0 Å². The molecular formula is C17H29N3O2Y-2. The van der Waals surface area contributed by atoms with Gasteiger partial charge in [0, 0.05) is 39.8 Å². The van der Waals surface area contributed by atoms with Gasteiger partial charge in [0.25, 0.3) is 0 Å². The van der Waals surface area contributed by atoms with Crippen LogP contribution in [-0.4, -0.2) is 29.5 Å². The molecule has 0 aromatic rings. The average molecular weight is 396 g/mol. The van der Waals surface area contributed by atoms with Crippen LogP contribution >= 0.6 is 0 Å². The van der Waals surface area contributed by atoms with Gasteiger partial charge in [0.05, 0.1) is 0 Å². The van der Waals surface area contributed by atoms with Crippen molar-refractivity contribution in [2.24, 2.45) is 9.98 Å². The van der Waals surface area contributed by atoms with Crippen LogP contribution in [-0.2, 0) is 37.5 Å². The molecule has 1 radical (unpaired) electrons. The molecule has 5 nitrogen and oxygen atoms in total. The molecule has 0 saturated carbocycles. The molecule has 23 heavy (non-hydrogen) atoms. The number of aliphatic imine (C=N–C) groups is 2. The Bertz CT molecular complexity index is 455. The number of aliphatic hydroxyl groups excluding tert-OH is 1. The fraction of sp³-hybridized carbons (Fsp3) is 0.471. The summed E-state index contributed by atoms with van der Waals surface area (Å²) in [4.78, 5) is 19.7. The van der Waals surface area contributed by atoms with E-state index in [4.69, 9.17) is 0 Å². The minimum Gasteiger partial charge on any atom is -0.519 e. The largest absolute Gasteiger partial charge is 0.519 e. The van der Waals surface area contributed by atoms with Gasteiger partial charge in [0.2, 0.25) is 0 Å². The number of rotatable bonds is 4. The summed E-state index contributed by atoms with van der Waals surface area (Å²) in [5.74, 6) is -0.276. The zero-order chi connectivity index (χ0) is 17.7. The maximum absolute atomic E-state index is 11.4. The molecule has 0 aromatic carbocycles. The smallest absolute Gasteiger partial charge is 0.153 e. The molecule has 0 bridgehead atoms. The first-order valence-corrected chi connectivity index (χ1v) is 7.54. The average Bonchev–Trinajstić information content (AvgIpc) is 3.05. The Balaban J connectivity index is -0.000000739. The standard InChI is InChI=1S/C13H17N3O2.2C2H6.Y/c1-8(9(2)17)7-12(14-3)10-5-6-11(16-10)13(18)15-4;2*1-2;/h7,17H,2,4-6H2,1,3H3,(H,15,18);2*1-2H3;/q-2;;;/b8-7-,14-12?;;;. The molecule has 0 aliphatic carbocycles. The Morgan fingerprint density at radius 2 is 1.96 bits per heavy atom. The Labute approximate surface area is 166 Å². The molecule has 0 atom stereocenters. The monoisotopic (exact) mass is 396 g/mol. The summed E-state index contributed by atoms with van der Waals surface area (Å²) < 4.78 is 0. The molecule has 1 rings (SSSR count). The van der Waals surface area contributed by atoms with Gasteiger partial charge in [0.15, 0.2) is 5.91 Å². The minimum atomic E-state index is -0.271. The Morgan fingerprint density at radius 3 is 2.35 bits per heavy atom. The van der Waals surface area contributed by atoms with Gasteiger partial charge in [-0.2, -0.15) is 0 Å². The predicted octanol–water partition coefficient (Wildman–Crippen LogP) is 3.80. The van der Waals surface area contributed by atoms with Gasteiger partial charge in [-0.25, -0.2) is 0 Å². The van der Waals surface area contributed by atoms with Crippen molar-refractivity contribution < 1.29 is 42.6 Å². The van der Waals surface area contributed by atoms with Crippen molar-refractivity contribution in [3.63, 3.8) is 0 Å². The third-order valence-corrected chi connectivity index (χ3v) is 2.64. The Kier molecular flexibility index (Phi) is 18.7. The normalized spacial score (nSPS) is 13.5. The maximum atomic E-state index is 11.4. The molecule has 1 amide bonds. The number of hydrogen-bond donors (Lipinski definition) is 2. The van der Waals surface area contributed by atoms with Crippen molar-refractivity contribution in [1.29, 1.82) is 0 Å². The summed E-state index contributed by atoms with van der Waals surface area (Å²) in [6.07, 6.45) is 2.92. The van der Waals surface area contributed by atoms with Gasteiger partial charge in [-0.15, -0.1) is 0 Å². The molecule has 1 aliphatic heterocycles. The number of allylic oxidation sites excluding steroid dienone is 2. The van der Waals surface area contributed by atoms with Crippen LogP contribution in [0.25, 0.3) is 0 Å². The number of hydrogen-bond acceptors (Lipinski definition) is 4. The third kappa shape index (κ3) is 9.72. The molecule has 1 heterocycles. The topological polar surface area (TPSA) is 74.0 Å². The van der Waals surface area contributed by atoms with Crippen LogP contribution in [0.3, 0.4) is 0 Å².